The Kier molecular flexibility index (Phi) is 6.59. The van der Waals surface area contributed by atoms with E-state index in [4.69, 9.17) is 14.6 Å². The third kappa shape index (κ3) is 10.8. The van der Waals surface area contributed by atoms with Gasteiger partial charge in [-0.05, 0) is 26.0 Å². The highest BCUT2D eigenvalue weighted by atomic mass is 16.8. The van der Waals surface area contributed by atoms with Crippen LogP contribution in [0.3, 0.4) is 0 Å². The number of ether oxygens (including phenoxy) is 2. The van der Waals surface area contributed by atoms with Crippen LogP contribution in [0.2, 0.25) is 0 Å². The highest BCUT2D eigenvalue weighted by Gasteiger charge is 2.20. The predicted octanol–water partition coefficient (Wildman–Crippen LogP) is 1.60. The van der Waals surface area contributed by atoms with Crippen molar-refractivity contribution in [3.63, 3.8) is 0 Å². The molecule has 0 aromatic carbocycles. The lowest BCUT2D eigenvalue weighted by Gasteiger charge is -2.20. The van der Waals surface area contributed by atoms with Crippen LogP contribution >= 0.6 is 0 Å². The summed E-state index contributed by atoms with van der Waals surface area (Å²) in [5, 5.41) is 16.1. The molecule has 1 unspecified atom stereocenters. The number of carbonyl (C=O) groups excluding carboxylic acids is 1. The number of carboxylic acids is 1. The van der Waals surface area contributed by atoms with E-state index in [1.807, 2.05) is 0 Å². The predicted molar refractivity (Wildman–Crippen MR) is 63.0 cm³/mol. The zero-order valence-electron chi connectivity index (χ0n) is 11.6. The van der Waals surface area contributed by atoms with Crippen molar-refractivity contribution in [1.29, 1.82) is 0 Å². The Hall–Kier alpha value is -2.06. The Labute approximate surface area is 111 Å². The molecule has 0 rings (SSSR count). The van der Waals surface area contributed by atoms with Gasteiger partial charge in [0.25, 0.3) is 6.29 Å². The Balaban J connectivity index is 3.98. The lowest BCUT2D eigenvalue weighted by atomic mass is 10.2. The Morgan fingerprint density at radius 3 is 2.42 bits per heavy atom. The van der Waals surface area contributed by atoms with Crippen LogP contribution in [0.15, 0.2) is 10.5 Å². The molecule has 110 valence electrons. The minimum atomic E-state index is -1.06. The monoisotopic (exact) mass is 277 g/mol. The smallest absolute Gasteiger partial charge is 0.480 e. The summed E-state index contributed by atoms with van der Waals surface area (Å²) in [5.74, 6) is -1.06. The number of hydrogen-bond donors (Lipinski definition) is 1. The van der Waals surface area contributed by atoms with Gasteiger partial charge in [-0.2, -0.15) is 0 Å². The van der Waals surface area contributed by atoms with Crippen LogP contribution < -0.4 is 0 Å². The molecule has 0 radical (unpaired) electrons. The van der Waals surface area contributed by atoms with Crippen molar-refractivity contribution in [1.82, 2.24) is 5.01 Å². The second-order valence-corrected chi connectivity index (χ2v) is 4.64. The van der Waals surface area contributed by atoms with Gasteiger partial charge in [0, 0.05) is 19.2 Å². The van der Waals surface area contributed by atoms with Crippen LogP contribution in [0.25, 0.3) is 0 Å². The topological polar surface area (TPSA) is 110 Å². The molecular weight excluding hydrogens is 258 g/mol. The number of aliphatic carboxylic acids is 1. The first-order valence-electron chi connectivity index (χ1n) is 5.49. The highest BCUT2D eigenvalue weighted by molar-refractivity contribution is 5.68. The summed E-state index contributed by atoms with van der Waals surface area (Å²) in [7, 11) is 1.40. The molecule has 9 heteroatoms. The number of carbonyl (C=O) groups is 2. The van der Waals surface area contributed by atoms with Crippen LogP contribution in [0.4, 0.5) is 4.79 Å². The third-order valence-electron chi connectivity index (χ3n) is 1.40. The Morgan fingerprint density at radius 2 is 1.95 bits per heavy atom. The van der Waals surface area contributed by atoms with E-state index in [1.54, 1.807) is 20.8 Å². The van der Waals surface area contributed by atoms with E-state index >= 15 is 0 Å². The first-order valence-corrected chi connectivity index (χ1v) is 5.49. The second kappa shape index (κ2) is 7.39. The van der Waals surface area contributed by atoms with Crippen molar-refractivity contribution in [3.05, 3.63) is 0 Å². The van der Waals surface area contributed by atoms with E-state index in [2.05, 4.69) is 15.3 Å². The van der Waals surface area contributed by atoms with Crippen molar-refractivity contribution < 1.29 is 29.0 Å². The second-order valence-electron chi connectivity index (χ2n) is 4.64. The quantitative estimate of drug-likeness (QED) is 0.340. The third-order valence-corrected chi connectivity index (χ3v) is 1.40. The zero-order chi connectivity index (χ0) is 15.1. The molecule has 0 aliphatic heterocycles. The fourth-order valence-corrected chi connectivity index (χ4v) is 0.808. The minimum absolute atomic E-state index is 0.325. The molecule has 0 fully saturated rings. The van der Waals surface area contributed by atoms with Crippen molar-refractivity contribution in [2.75, 3.05) is 13.6 Å². The summed E-state index contributed by atoms with van der Waals surface area (Å²) >= 11 is 0. The van der Waals surface area contributed by atoms with Crippen molar-refractivity contribution in [2.45, 2.75) is 39.6 Å². The number of hydrogen-bond acceptors (Lipinski definition) is 7. The summed E-state index contributed by atoms with van der Waals surface area (Å²) in [4.78, 5) is 26.2. The van der Waals surface area contributed by atoms with Crippen LogP contribution in [-0.4, -0.2) is 47.7 Å². The molecule has 0 bridgehead atoms. The van der Waals surface area contributed by atoms with Gasteiger partial charge < -0.3 is 19.4 Å². The molecule has 0 aliphatic rings. The van der Waals surface area contributed by atoms with Gasteiger partial charge in [-0.25, -0.2) is 4.79 Å². The van der Waals surface area contributed by atoms with Crippen molar-refractivity contribution >= 4 is 12.1 Å². The molecule has 0 amide bonds. The number of carboxylic acid groups (broad SMARTS) is 1. The molecule has 0 aromatic rings. The van der Waals surface area contributed by atoms with Gasteiger partial charge in [0.2, 0.25) is 0 Å². The molecule has 0 aromatic heterocycles. The summed E-state index contributed by atoms with van der Waals surface area (Å²) < 4.78 is 9.60. The maximum absolute atomic E-state index is 11.2. The average molecular weight is 277 g/mol. The Bertz CT molecular complexity index is 339. The SMILES string of the molecule is CC(ON=NN(C)CC(=O)O)OC(=O)OC(C)(C)C. The molecule has 0 saturated carbocycles. The van der Waals surface area contributed by atoms with E-state index in [0.29, 0.717) is 0 Å². The lowest BCUT2D eigenvalue weighted by Crippen LogP contribution is -2.27. The summed E-state index contributed by atoms with van der Waals surface area (Å²) in [6.45, 7) is 6.18. The number of nitrogens with zero attached hydrogens (tertiary/aromatic N) is 3. The number of likely N-dealkylation sites (N-methyl/N-ethyl adjacent to an activating group) is 1. The van der Waals surface area contributed by atoms with Gasteiger partial charge in [0.05, 0.1) is 0 Å². The maximum atomic E-state index is 11.2. The zero-order valence-corrected chi connectivity index (χ0v) is 11.6. The van der Waals surface area contributed by atoms with Gasteiger partial charge in [-0.1, -0.05) is 0 Å². The summed E-state index contributed by atoms with van der Waals surface area (Å²) in [5.41, 5.74) is -0.667. The first-order chi connectivity index (χ1) is 8.60. The van der Waals surface area contributed by atoms with E-state index in [9.17, 15) is 9.59 Å². The van der Waals surface area contributed by atoms with Crippen LogP contribution in [-0.2, 0) is 19.1 Å². The molecule has 9 nitrogen and oxygen atoms in total. The van der Waals surface area contributed by atoms with Crippen molar-refractivity contribution in [2.24, 2.45) is 10.5 Å². The first kappa shape index (κ1) is 16.9. The fourth-order valence-electron chi connectivity index (χ4n) is 0.808. The molecule has 0 spiro atoms. The maximum Gasteiger partial charge on any atom is 0.511 e. The fraction of sp³-hybridized carbons (Fsp3) is 0.800. The molecular formula is C10H19N3O6. The lowest BCUT2D eigenvalue weighted by molar-refractivity contribution is -0.139. The molecule has 0 saturated heterocycles. The number of rotatable bonds is 6. The molecule has 0 aliphatic carbocycles. The van der Waals surface area contributed by atoms with Gasteiger partial charge in [-0.3, -0.25) is 9.80 Å². The molecule has 1 atom stereocenters. The average Bonchev–Trinajstić information content (AvgIpc) is 2.12. The van der Waals surface area contributed by atoms with Crippen LogP contribution in [0.5, 0.6) is 0 Å². The normalized spacial score (nSPS) is 12.9. The van der Waals surface area contributed by atoms with E-state index in [1.165, 1.54) is 14.0 Å². The summed E-state index contributed by atoms with van der Waals surface area (Å²) in [6, 6.07) is 0. The highest BCUT2D eigenvalue weighted by Crippen LogP contribution is 2.09. The molecule has 19 heavy (non-hydrogen) atoms. The largest absolute Gasteiger partial charge is 0.511 e. The van der Waals surface area contributed by atoms with Gasteiger partial charge in [0.1, 0.15) is 12.1 Å². The van der Waals surface area contributed by atoms with E-state index in [-0.39, 0.29) is 6.54 Å². The van der Waals surface area contributed by atoms with Crippen LogP contribution in [0, 0.1) is 0 Å². The van der Waals surface area contributed by atoms with Crippen molar-refractivity contribution in [3.8, 4) is 0 Å². The summed E-state index contributed by atoms with van der Waals surface area (Å²) in [6.07, 6.45) is -1.90. The van der Waals surface area contributed by atoms with E-state index in [0.717, 1.165) is 5.01 Å². The Morgan fingerprint density at radius 1 is 1.37 bits per heavy atom. The van der Waals surface area contributed by atoms with Crippen LogP contribution in [0.1, 0.15) is 27.7 Å². The standard InChI is InChI=1S/C10H19N3O6/c1-7(17-9(16)18-10(2,3)4)19-12-11-13(5)6-8(14)15/h7H,6H2,1-5H3,(H,14,15). The van der Waals surface area contributed by atoms with E-state index < -0.39 is 24.0 Å². The molecule has 0 heterocycles. The molecule has 1 N–H and O–H groups in total. The minimum Gasteiger partial charge on any atom is -0.480 e. The van der Waals surface area contributed by atoms with Gasteiger partial charge >= 0.3 is 12.1 Å². The van der Waals surface area contributed by atoms with Gasteiger partial charge in [0.15, 0.2) is 0 Å². The van der Waals surface area contributed by atoms with Gasteiger partial charge in [-0.15, -0.1) is 0 Å².